The number of benzene rings is 1. The van der Waals surface area contributed by atoms with E-state index in [1.807, 2.05) is 11.8 Å². The van der Waals surface area contributed by atoms with Crippen LogP contribution in [0.15, 0.2) is 23.2 Å². The van der Waals surface area contributed by atoms with Crippen LogP contribution in [0.1, 0.15) is 32.3 Å². The third-order valence-electron chi connectivity index (χ3n) is 4.19. The van der Waals surface area contributed by atoms with Crippen molar-refractivity contribution in [2.75, 3.05) is 30.9 Å². The molecule has 0 saturated heterocycles. The van der Waals surface area contributed by atoms with Crippen molar-refractivity contribution in [3.63, 3.8) is 0 Å². The van der Waals surface area contributed by atoms with Crippen molar-refractivity contribution < 1.29 is 0 Å². The third kappa shape index (κ3) is 3.94. The molecule has 0 radical (unpaired) electrons. The minimum absolute atomic E-state index is 0.640. The topological polar surface area (TPSA) is 27.6 Å². The van der Waals surface area contributed by atoms with E-state index in [1.54, 1.807) is 0 Å². The molecule has 1 aliphatic rings. The molecule has 116 valence electrons. The van der Waals surface area contributed by atoms with E-state index in [2.05, 4.69) is 68.3 Å². The summed E-state index contributed by atoms with van der Waals surface area (Å²) in [5, 5.41) is 5.19. The highest BCUT2D eigenvalue weighted by Gasteiger charge is 2.25. The van der Waals surface area contributed by atoms with Gasteiger partial charge in [-0.15, -0.1) is 0 Å². The van der Waals surface area contributed by atoms with Crippen LogP contribution in [0.3, 0.4) is 0 Å². The van der Waals surface area contributed by atoms with E-state index in [9.17, 15) is 0 Å². The number of aliphatic imine (C=N–C) groups is 1. The Balaban J connectivity index is 2.02. The van der Waals surface area contributed by atoms with E-state index in [0.29, 0.717) is 5.25 Å². The predicted octanol–water partition coefficient (Wildman–Crippen LogP) is 4.38. The van der Waals surface area contributed by atoms with Gasteiger partial charge in [0.25, 0.3) is 0 Å². The number of aryl methyl sites for hydroxylation is 1. The molecular weight excluding hydrogens is 278 g/mol. The number of anilines is 2. The van der Waals surface area contributed by atoms with E-state index in [0.717, 1.165) is 23.3 Å². The highest BCUT2D eigenvalue weighted by atomic mass is 32.2. The zero-order chi connectivity index (χ0) is 15.4. The summed E-state index contributed by atoms with van der Waals surface area (Å²) >= 11 is 1.91. The van der Waals surface area contributed by atoms with Crippen LogP contribution in [0.25, 0.3) is 0 Å². The van der Waals surface area contributed by atoms with E-state index >= 15 is 0 Å². The average molecular weight is 305 g/mol. The number of hydrogen-bond acceptors (Lipinski definition) is 4. The number of rotatable bonds is 5. The first-order chi connectivity index (χ1) is 10.0. The maximum atomic E-state index is 4.68. The Morgan fingerprint density at radius 2 is 2.05 bits per heavy atom. The Kier molecular flexibility index (Phi) is 5.57. The summed E-state index contributed by atoms with van der Waals surface area (Å²) in [6, 6.07) is 6.49. The number of thioether (sulfide) groups is 1. The molecule has 4 heteroatoms. The molecule has 1 aromatic carbocycles. The van der Waals surface area contributed by atoms with E-state index in [1.165, 1.54) is 24.1 Å². The van der Waals surface area contributed by atoms with Crippen molar-refractivity contribution >= 4 is 28.3 Å². The molecule has 0 spiro atoms. The number of nitrogens with one attached hydrogen (secondary N) is 1. The van der Waals surface area contributed by atoms with E-state index < -0.39 is 0 Å². The molecule has 1 heterocycles. The van der Waals surface area contributed by atoms with Gasteiger partial charge in [0.1, 0.15) is 0 Å². The molecule has 21 heavy (non-hydrogen) atoms. The Morgan fingerprint density at radius 3 is 2.67 bits per heavy atom. The van der Waals surface area contributed by atoms with Gasteiger partial charge in [0, 0.05) is 30.7 Å². The highest BCUT2D eigenvalue weighted by Crippen LogP contribution is 2.32. The Hall–Kier alpha value is -1.16. The molecule has 0 aliphatic carbocycles. The molecule has 1 N–H and O–H groups in total. The first kappa shape index (κ1) is 16.2. The molecule has 1 aliphatic heterocycles. The normalized spacial score (nSPS) is 18.0. The molecule has 0 fully saturated rings. The number of hydrogen-bond donors (Lipinski definition) is 1. The summed E-state index contributed by atoms with van der Waals surface area (Å²) in [5.41, 5.74) is 3.67. The SMILES string of the molecule is CCC(CC)C1CN=C(Nc2ccc(C)c(N(C)C)c2)S1. The quantitative estimate of drug-likeness (QED) is 0.875. The molecule has 0 bridgehead atoms. The first-order valence-electron chi connectivity index (χ1n) is 7.81. The fraction of sp³-hybridized carbons (Fsp3) is 0.588. The summed E-state index contributed by atoms with van der Waals surface area (Å²) in [7, 11) is 4.16. The molecule has 3 nitrogen and oxygen atoms in total. The Bertz CT molecular complexity index is 507. The number of nitrogens with zero attached hydrogens (tertiary/aromatic N) is 2. The zero-order valence-corrected chi connectivity index (χ0v) is 14.6. The van der Waals surface area contributed by atoms with Gasteiger partial charge in [0.15, 0.2) is 5.17 Å². The summed E-state index contributed by atoms with van der Waals surface area (Å²) in [4.78, 5) is 6.83. The van der Waals surface area contributed by atoms with Crippen LogP contribution in [-0.2, 0) is 0 Å². The predicted molar refractivity (Wildman–Crippen MR) is 96.9 cm³/mol. The molecule has 0 aromatic heterocycles. The van der Waals surface area contributed by atoms with Gasteiger partial charge in [-0.25, -0.2) is 0 Å². The van der Waals surface area contributed by atoms with Crippen LogP contribution in [0, 0.1) is 12.8 Å². The number of amidine groups is 1. The van der Waals surface area contributed by atoms with Gasteiger partial charge in [-0.2, -0.15) is 0 Å². The molecular formula is C17H27N3S. The smallest absolute Gasteiger partial charge is 0.161 e. The molecule has 0 saturated carbocycles. The molecule has 1 unspecified atom stereocenters. The van der Waals surface area contributed by atoms with Gasteiger partial charge in [0.2, 0.25) is 0 Å². The van der Waals surface area contributed by atoms with Gasteiger partial charge in [0.05, 0.1) is 6.54 Å². The average Bonchev–Trinajstić information content (AvgIpc) is 2.90. The summed E-state index contributed by atoms with van der Waals surface area (Å²) in [5.74, 6) is 0.772. The van der Waals surface area contributed by atoms with Crippen LogP contribution in [0.2, 0.25) is 0 Å². The summed E-state index contributed by atoms with van der Waals surface area (Å²) in [6.07, 6.45) is 2.48. The lowest BCUT2D eigenvalue weighted by Gasteiger charge is -2.19. The van der Waals surface area contributed by atoms with Crippen LogP contribution < -0.4 is 10.2 Å². The fourth-order valence-electron chi connectivity index (χ4n) is 2.81. The van der Waals surface area contributed by atoms with Gasteiger partial charge in [-0.1, -0.05) is 44.5 Å². The minimum atomic E-state index is 0.640. The van der Waals surface area contributed by atoms with Crippen molar-refractivity contribution in [2.24, 2.45) is 10.9 Å². The molecule has 1 atom stereocenters. The summed E-state index contributed by atoms with van der Waals surface area (Å²) in [6.45, 7) is 7.66. The molecule has 2 rings (SSSR count). The molecule has 0 amide bonds. The van der Waals surface area contributed by atoms with Crippen molar-refractivity contribution in [1.29, 1.82) is 0 Å². The third-order valence-corrected chi connectivity index (χ3v) is 5.49. The Morgan fingerprint density at radius 1 is 1.33 bits per heavy atom. The van der Waals surface area contributed by atoms with Crippen molar-refractivity contribution in [1.82, 2.24) is 0 Å². The largest absolute Gasteiger partial charge is 0.377 e. The van der Waals surface area contributed by atoms with Crippen LogP contribution >= 0.6 is 11.8 Å². The lowest BCUT2D eigenvalue weighted by molar-refractivity contribution is 0.479. The van der Waals surface area contributed by atoms with Crippen LogP contribution in [0.5, 0.6) is 0 Å². The monoisotopic (exact) mass is 305 g/mol. The zero-order valence-electron chi connectivity index (χ0n) is 13.8. The van der Waals surface area contributed by atoms with E-state index in [4.69, 9.17) is 0 Å². The van der Waals surface area contributed by atoms with E-state index in [-0.39, 0.29) is 0 Å². The van der Waals surface area contributed by atoms with Gasteiger partial charge >= 0.3 is 0 Å². The van der Waals surface area contributed by atoms with Crippen LogP contribution in [0.4, 0.5) is 11.4 Å². The lowest BCUT2D eigenvalue weighted by atomic mass is 9.99. The second kappa shape index (κ2) is 7.21. The van der Waals surface area contributed by atoms with Gasteiger partial charge < -0.3 is 10.2 Å². The van der Waals surface area contributed by atoms with Gasteiger partial charge in [-0.3, -0.25) is 4.99 Å². The summed E-state index contributed by atoms with van der Waals surface area (Å²) < 4.78 is 0. The fourth-order valence-corrected chi connectivity index (χ4v) is 4.15. The highest BCUT2D eigenvalue weighted by molar-refractivity contribution is 8.15. The maximum Gasteiger partial charge on any atom is 0.161 e. The van der Waals surface area contributed by atoms with Crippen molar-refractivity contribution in [2.45, 2.75) is 38.9 Å². The van der Waals surface area contributed by atoms with Gasteiger partial charge in [-0.05, 0) is 30.5 Å². The second-order valence-corrected chi connectivity index (χ2v) is 7.13. The maximum absolute atomic E-state index is 4.68. The first-order valence-corrected chi connectivity index (χ1v) is 8.69. The lowest BCUT2D eigenvalue weighted by Crippen LogP contribution is -2.17. The standard InChI is InChI=1S/C17H27N3S/c1-6-13(7-2)16-11-18-17(21-16)19-14-9-8-12(3)15(10-14)20(4)5/h8-10,13,16H,6-7,11H2,1-5H3,(H,18,19). The van der Waals surface area contributed by atoms with Crippen molar-refractivity contribution in [3.8, 4) is 0 Å². The second-order valence-electron chi connectivity index (χ2n) is 5.90. The van der Waals surface area contributed by atoms with Crippen LogP contribution in [-0.4, -0.2) is 31.1 Å². The van der Waals surface area contributed by atoms with Crippen molar-refractivity contribution in [3.05, 3.63) is 23.8 Å². The molecule has 1 aromatic rings. The Labute approximate surface area is 133 Å². The minimum Gasteiger partial charge on any atom is -0.377 e.